The third-order valence-corrected chi connectivity index (χ3v) is 7.28. The summed E-state index contributed by atoms with van der Waals surface area (Å²) in [6, 6.07) is 0. The van der Waals surface area contributed by atoms with E-state index in [1.807, 2.05) is 0 Å². The zero-order valence-corrected chi connectivity index (χ0v) is 17.0. The molecule has 0 heteroatoms. The molecule has 2 rings (SSSR count). The Morgan fingerprint density at radius 3 is 1.38 bits per heavy atom. The van der Waals surface area contributed by atoms with Crippen LogP contribution in [-0.2, 0) is 0 Å². The maximum Gasteiger partial charge on any atom is -0.0411 e. The Labute approximate surface area is 153 Å². The molecule has 0 spiro atoms. The van der Waals surface area contributed by atoms with Crippen molar-refractivity contribution >= 4 is 0 Å². The summed E-state index contributed by atoms with van der Waals surface area (Å²) in [5.74, 6) is 4.37. The van der Waals surface area contributed by atoms with Gasteiger partial charge in [0.25, 0.3) is 0 Å². The second-order valence-corrected chi connectivity index (χ2v) is 9.35. The second kappa shape index (κ2) is 12.4. The van der Waals surface area contributed by atoms with Gasteiger partial charge in [0.2, 0.25) is 0 Å². The highest BCUT2D eigenvalue weighted by atomic mass is 14.3. The zero-order valence-electron chi connectivity index (χ0n) is 17.0. The van der Waals surface area contributed by atoms with Gasteiger partial charge in [-0.1, -0.05) is 123 Å². The molecule has 142 valence electrons. The smallest absolute Gasteiger partial charge is 0.0411 e. The van der Waals surface area contributed by atoms with E-state index >= 15 is 0 Å². The summed E-state index contributed by atoms with van der Waals surface area (Å²) in [6.45, 7) is 4.66. The molecule has 0 aromatic rings. The quantitative estimate of drug-likeness (QED) is 0.332. The fourth-order valence-electron chi connectivity index (χ4n) is 5.51. The molecule has 0 radical (unpaired) electrons. The molecule has 0 atom stereocenters. The maximum absolute atomic E-state index is 2.34. The molecule has 0 aliphatic heterocycles. The van der Waals surface area contributed by atoms with Crippen LogP contribution in [0.5, 0.6) is 0 Å². The van der Waals surface area contributed by atoms with E-state index in [9.17, 15) is 0 Å². The lowest BCUT2D eigenvalue weighted by Gasteiger charge is -2.34. The first kappa shape index (κ1) is 20.3. The summed E-state index contributed by atoms with van der Waals surface area (Å²) in [5.41, 5.74) is 0. The number of rotatable bonds is 11. The van der Waals surface area contributed by atoms with E-state index in [1.165, 1.54) is 51.4 Å². The fourth-order valence-corrected chi connectivity index (χ4v) is 5.51. The summed E-state index contributed by atoms with van der Waals surface area (Å²) in [5, 5.41) is 0. The topological polar surface area (TPSA) is 0 Å². The van der Waals surface area contributed by atoms with Crippen LogP contribution in [-0.4, -0.2) is 0 Å². The summed E-state index contributed by atoms with van der Waals surface area (Å²) < 4.78 is 0. The first-order valence-corrected chi connectivity index (χ1v) is 11.8. The average Bonchev–Trinajstić information content (AvgIpc) is 2.62. The first-order valence-electron chi connectivity index (χ1n) is 11.8. The van der Waals surface area contributed by atoms with Crippen LogP contribution in [0.25, 0.3) is 0 Å². The number of hydrogen-bond acceptors (Lipinski definition) is 0. The molecule has 0 saturated heterocycles. The van der Waals surface area contributed by atoms with Gasteiger partial charge in [0.15, 0.2) is 0 Å². The first-order chi connectivity index (χ1) is 11.8. The van der Waals surface area contributed by atoms with E-state index in [1.54, 1.807) is 64.2 Å². The third kappa shape index (κ3) is 7.92. The van der Waals surface area contributed by atoms with Crippen LogP contribution in [0.4, 0.5) is 0 Å². The van der Waals surface area contributed by atoms with Gasteiger partial charge in [-0.25, -0.2) is 0 Å². The summed E-state index contributed by atoms with van der Waals surface area (Å²) in [4.78, 5) is 0. The molecule has 0 N–H and O–H groups in total. The molecule has 2 aliphatic carbocycles. The van der Waals surface area contributed by atoms with E-state index in [4.69, 9.17) is 0 Å². The minimum Gasteiger partial charge on any atom is -0.0654 e. The van der Waals surface area contributed by atoms with Gasteiger partial charge in [-0.3, -0.25) is 0 Å². The molecule has 0 heterocycles. The van der Waals surface area contributed by atoms with Gasteiger partial charge in [-0.15, -0.1) is 0 Å². The van der Waals surface area contributed by atoms with Crippen LogP contribution >= 0.6 is 0 Å². The van der Waals surface area contributed by atoms with Crippen molar-refractivity contribution in [3.05, 3.63) is 0 Å². The van der Waals surface area contributed by atoms with Crippen molar-refractivity contribution in [3.8, 4) is 0 Å². The van der Waals surface area contributed by atoms with Crippen molar-refractivity contribution in [3.63, 3.8) is 0 Å². The van der Waals surface area contributed by atoms with Gasteiger partial charge in [-0.2, -0.15) is 0 Å². The number of hydrogen-bond donors (Lipinski definition) is 0. The highest BCUT2D eigenvalue weighted by molar-refractivity contribution is 4.78. The lowest BCUT2D eigenvalue weighted by Crippen LogP contribution is -2.21. The second-order valence-electron chi connectivity index (χ2n) is 9.35. The maximum atomic E-state index is 2.34. The standard InChI is InChI=1S/C24H46/c1-3-5-7-8-9-11-22-14-18-24(19-15-22)20-23-16-12-21(13-17-23)10-6-4-2/h21-24H,3-20H2,1-2H3. The van der Waals surface area contributed by atoms with Gasteiger partial charge in [0.1, 0.15) is 0 Å². The normalized spacial score (nSPS) is 31.2. The van der Waals surface area contributed by atoms with Gasteiger partial charge in [0.05, 0.1) is 0 Å². The Bertz CT molecular complexity index is 278. The van der Waals surface area contributed by atoms with E-state index in [2.05, 4.69) is 13.8 Å². The Morgan fingerprint density at radius 1 is 0.458 bits per heavy atom. The van der Waals surface area contributed by atoms with Crippen LogP contribution in [0.2, 0.25) is 0 Å². The molecule has 0 unspecified atom stereocenters. The predicted molar refractivity (Wildman–Crippen MR) is 108 cm³/mol. The van der Waals surface area contributed by atoms with Gasteiger partial charge in [-0.05, 0) is 30.1 Å². The van der Waals surface area contributed by atoms with Crippen LogP contribution in [0.15, 0.2) is 0 Å². The molecule has 0 amide bonds. The predicted octanol–water partition coefficient (Wildman–Crippen LogP) is 8.54. The summed E-state index contributed by atoms with van der Waals surface area (Å²) in [7, 11) is 0. The minimum absolute atomic E-state index is 1.09. The van der Waals surface area contributed by atoms with Gasteiger partial charge >= 0.3 is 0 Å². The highest BCUT2D eigenvalue weighted by Crippen LogP contribution is 2.40. The lowest BCUT2D eigenvalue weighted by molar-refractivity contribution is 0.183. The Morgan fingerprint density at radius 2 is 0.875 bits per heavy atom. The molecular weight excluding hydrogens is 288 g/mol. The van der Waals surface area contributed by atoms with Crippen LogP contribution in [0, 0.1) is 23.7 Å². The molecule has 0 aromatic carbocycles. The zero-order chi connectivity index (χ0) is 17.0. The van der Waals surface area contributed by atoms with Crippen LogP contribution in [0.1, 0.15) is 129 Å². The molecule has 2 aliphatic rings. The Balaban J connectivity index is 1.51. The molecule has 0 nitrogen and oxygen atoms in total. The van der Waals surface area contributed by atoms with Crippen LogP contribution < -0.4 is 0 Å². The SMILES string of the molecule is CCCCCCCC1CCC(CC2CCC(CCCC)CC2)CC1. The van der Waals surface area contributed by atoms with Crippen molar-refractivity contribution in [2.75, 3.05) is 0 Å². The van der Waals surface area contributed by atoms with E-state index in [0.717, 1.165) is 23.7 Å². The van der Waals surface area contributed by atoms with Crippen molar-refractivity contribution < 1.29 is 0 Å². The van der Waals surface area contributed by atoms with Crippen molar-refractivity contribution in [1.29, 1.82) is 0 Å². The van der Waals surface area contributed by atoms with E-state index < -0.39 is 0 Å². The molecule has 2 saturated carbocycles. The third-order valence-electron chi connectivity index (χ3n) is 7.28. The van der Waals surface area contributed by atoms with Crippen LogP contribution in [0.3, 0.4) is 0 Å². The molecule has 24 heavy (non-hydrogen) atoms. The average molecular weight is 335 g/mol. The summed E-state index contributed by atoms with van der Waals surface area (Å²) in [6.07, 6.45) is 27.3. The van der Waals surface area contributed by atoms with Gasteiger partial charge < -0.3 is 0 Å². The van der Waals surface area contributed by atoms with Gasteiger partial charge in [0, 0.05) is 0 Å². The summed E-state index contributed by atoms with van der Waals surface area (Å²) >= 11 is 0. The van der Waals surface area contributed by atoms with Crippen molar-refractivity contribution in [1.82, 2.24) is 0 Å². The monoisotopic (exact) mass is 334 g/mol. The molecule has 0 aromatic heterocycles. The van der Waals surface area contributed by atoms with E-state index in [0.29, 0.717) is 0 Å². The van der Waals surface area contributed by atoms with Crippen molar-refractivity contribution in [2.45, 2.75) is 129 Å². The minimum atomic E-state index is 1.09. The Hall–Kier alpha value is 0. The lowest BCUT2D eigenvalue weighted by atomic mass is 9.72. The molecular formula is C24H46. The number of unbranched alkanes of at least 4 members (excludes halogenated alkanes) is 5. The van der Waals surface area contributed by atoms with Crippen molar-refractivity contribution in [2.24, 2.45) is 23.7 Å². The fraction of sp³-hybridized carbons (Fsp3) is 1.00. The Kier molecular flexibility index (Phi) is 10.5. The largest absolute Gasteiger partial charge is 0.0654 e. The van der Waals surface area contributed by atoms with E-state index in [-0.39, 0.29) is 0 Å². The molecule has 0 bridgehead atoms. The highest BCUT2D eigenvalue weighted by Gasteiger charge is 2.26. The molecule has 2 fully saturated rings.